The molecule has 0 bridgehead atoms. The van der Waals surface area contributed by atoms with Crippen LogP contribution >= 0.6 is 0 Å². The van der Waals surface area contributed by atoms with Gasteiger partial charge in [-0.25, -0.2) is 5.14 Å². The van der Waals surface area contributed by atoms with Crippen LogP contribution in [-0.4, -0.2) is 20.6 Å². The van der Waals surface area contributed by atoms with Gasteiger partial charge >= 0.3 is 10.3 Å². The van der Waals surface area contributed by atoms with E-state index in [4.69, 9.17) is 19.8 Å². The molecular weight excluding hydrogens is 316 g/mol. The van der Waals surface area contributed by atoms with Gasteiger partial charge in [-0.1, -0.05) is 37.5 Å². The Morgan fingerprint density at radius 2 is 1.91 bits per heavy atom. The molecule has 1 spiro atoms. The first-order valence-electron chi connectivity index (χ1n) is 8.08. The SMILES string of the molecule is Nc1ccccc1[C@@H]1OC2(CCCCC2)C[C@H]1COS(N)(=O)=O. The molecule has 6 nitrogen and oxygen atoms in total. The summed E-state index contributed by atoms with van der Waals surface area (Å²) in [4.78, 5) is 0. The van der Waals surface area contributed by atoms with Gasteiger partial charge in [-0.15, -0.1) is 0 Å². The monoisotopic (exact) mass is 340 g/mol. The van der Waals surface area contributed by atoms with Crippen molar-refractivity contribution in [3.63, 3.8) is 0 Å². The third-order valence-electron chi connectivity index (χ3n) is 4.95. The van der Waals surface area contributed by atoms with Crippen LogP contribution in [0.5, 0.6) is 0 Å². The first-order valence-corrected chi connectivity index (χ1v) is 9.55. The highest BCUT2D eigenvalue weighted by atomic mass is 32.2. The normalized spacial score (nSPS) is 27.3. The van der Waals surface area contributed by atoms with Crippen molar-refractivity contribution >= 4 is 16.0 Å². The maximum Gasteiger partial charge on any atom is 0.333 e. The lowest BCUT2D eigenvalue weighted by molar-refractivity contribution is -0.0687. The van der Waals surface area contributed by atoms with Gasteiger partial charge in [0.1, 0.15) is 0 Å². The third-order valence-corrected chi connectivity index (χ3v) is 5.42. The predicted molar refractivity (Wildman–Crippen MR) is 87.7 cm³/mol. The van der Waals surface area contributed by atoms with Crippen molar-refractivity contribution in [1.82, 2.24) is 0 Å². The van der Waals surface area contributed by atoms with Gasteiger partial charge in [0.05, 0.1) is 18.3 Å². The van der Waals surface area contributed by atoms with E-state index >= 15 is 0 Å². The van der Waals surface area contributed by atoms with E-state index in [1.54, 1.807) is 0 Å². The molecule has 0 amide bonds. The van der Waals surface area contributed by atoms with Crippen LogP contribution in [0.25, 0.3) is 0 Å². The molecule has 7 heteroatoms. The highest BCUT2D eigenvalue weighted by molar-refractivity contribution is 7.84. The zero-order valence-corrected chi connectivity index (χ0v) is 13.9. The molecular formula is C16H24N2O4S. The van der Waals surface area contributed by atoms with Crippen LogP contribution in [0.2, 0.25) is 0 Å². The lowest BCUT2D eigenvalue weighted by Crippen LogP contribution is -2.31. The summed E-state index contributed by atoms with van der Waals surface area (Å²) < 4.78 is 33.6. The van der Waals surface area contributed by atoms with Crippen LogP contribution in [-0.2, 0) is 19.2 Å². The third kappa shape index (κ3) is 3.85. The number of nitrogens with two attached hydrogens (primary N) is 2. The summed E-state index contributed by atoms with van der Waals surface area (Å²) in [5.74, 6) is -0.0730. The van der Waals surface area contributed by atoms with Crippen LogP contribution in [0.15, 0.2) is 24.3 Å². The number of para-hydroxylation sites is 1. The summed E-state index contributed by atoms with van der Waals surface area (Å²) in [5.41, 5.74) is 7.48. The Labute approximate surface area is 137 Å². The molecule has 1 heterocycles. The average molecular weight is 340 g/mol. The first kappa shape index (κ1) is 16.7. The van der Waals surface area contributed by atoms with E-state index in [-0.39, 0.29) is 24.2 Å². The van der Waals surface area contributed by atoms with Crippen LogP contribution in [0.3, 0.4) is 0 Å². The molecule has 2 fully saturated rings. The van der Waals surface area contributed by atoms with Gasteiger partial charge in [0.2, 0.25) is 0 Å². The minimum atomic E-state index is -3.96. The second-order valence-electron chi connectivity index (χ2n) is 6.65. The molecule has 1 aromatic carbocycles. The minimum Gasteiger partial charge on any atom is -0.398 e. The van der Waals surface area contributed by atoms with E-state index in [9.17, 15) is 8.42 Å². The molecule has 3 rings (SSSR count). The highest BCUT2D eigenvalue weighted by Crippen LogP contribution is 2.51. The van der Waals surface area contributed by atoms with E-state index < -0.39 is 10.3 Å². The fraction of sp³-hybridized carbons (Fsp3) is 0.625. The van der Waals surface area contributed by atoms with E-state index in [0.717, 1.165) is 37.7 Å². The first-order chi connectivity index (χ1) is 10.9. The zero-order valence-electron chi connectivity index (χ0n) is 13.1. The van der Waals surface area contributed by atoms with Crippen molar-refractivity contribution in [2.24, 2.45) is 11.1 Å². The van der Waals surface area contributed by atoms with Crippen molar-refractivity contribution in [1.29, 1.82) is 0 Å². The lowest BCUT2D eigenvalue weighted by Gasteiger charge is -2.33. The molecule has 128 valence electrons. The summed E-state index contributed by atoms with van der Waals surface area (Å²) >= 11 is 0. The Kier molecular flexibility index (Phi) is 4.64. The quantitative estimate of drug-likeness (QED) is 0.818. The Balaban J connectivity index is 1.85. The van der Waals surface area contributed by atoms with Crippen molar-refractivity contribution in [3.8, 4) is 0 Å². The van der Waals surface area contributed by atoms with Gasteiger partial charge in [-0.05, 0) is 25.3 Å². The summed E-state index contributed by atoms with van der Waals surface area (Å²) in [6.45, 7) is 0.0274. The average Bonchev–Trinajstić information content (AvgIpc) is 2.84. The van der Waals surface area contributed by atoms with Gasteiger partial charge in [0.15, 0.2) is 0 Å². The predicted octanol–water partition coefficient (Wildman–Crippen LogP) is 2.27. The molecule has 1 aliphatic heterocycles. The fourth-order valence-corrected chi connectivity index (χ4v) is 4.30. The topological polar surface area (TPSA) is 105 Å². The van der Waals surface area contributed by atoms with Crippen LogP contribution in [0, 0.1) is 5.92 Å². The summed E-state index contributed by atoms with van der Waals surface area (Å²) in [6.07, 6.45) is 6.03. The number of rotatable bonds is 4. The van der Waals surface area contributed by atoms with Crippen molar-refractivity contribution in [3.05, 3.63) is 29.8 Å². The molecule has 0 radical (unpaired) electrons. The molecule has 1 aliphatic carbocycles. The maximum absolute atomic E-state index is 11.2. The molecule has 2 atom stereocenters. The van der Waals surface area contributed by atoms with Gasteiger partial charge in [0.25, 0.3) is 0 Å². The number of nitrogen functional groups attached to an aromatic ring is 1. The van der Waals surface area contributed by atoms with Gasteiger partial charge in [-0.3, -0.25) is 4.18 Å². The fourth-order valence-electron chi connectivity index (χ4n) is 3.93. The van der Waals surface area contributed by atoms with E-state index in [2.05, 4.69) is 0 Å². The Morgan fingerprint density at radius 1 is 1.22 bits per heavy atom. The Hall–Kier alpha value is -1.15. The summed E-state index contributed by atoms with van der Waals surface area (Å²) in [6, 6.07) is 7.56. The number of anilines is 1. The molecule has 1 saturated carbocycles. The summed E-state index contributed by atoms with van der Waals surface area (Å²) in [5, 5.41) is 4.98. The summed E-state index contributed by atoms with van der Waals surface area (Å²) in [7, 11) is -3.96. The Morgan fingerprint density at radius 3 is 2.57 bits per heavy atom. The van der Waals surface area contributed by atoms with E-state index in [1.165, 1.54) is 6.42 Å². The van der Waals surface area contributed by atoms with Crippen molar-refractivity contribution in [2.75, 3.05) is 12.3 Å². The smallest absolute Gasteiger partial charge is 0.333 e. The molecule has 1 saturated heterocycles. The minimum absolute atomic E-state index is 0.0274. The number of hydrogen-bond donors (Lipinski definition) is 2. The number of benzene rings is 1. The standard InChI is InChI=1S/C16H24N2O4S/c17-14-7-3-2-6-13(14)15-12(11-21-23(18,19)20)10-16(22-15)8-4-1-5-9-16/h2-3,6-7,12,15H,1,4-5,8-11,17H2,(H2,18,19,20)/t12-,15+/m0/s1. The van der Waals surface area contributed by atoms with Gasteiger partial charge in [-0.2, -0.15) is 8.42 Å². The second-order valence-corrected chi connectivity index (χ2v) is 7.87. The molecule has 0 unspecified atom stereocenters. The highest BCUT2D eigenvalue weighted by Gasteiger charge is 2.47. The van der Waals surface area contributed by atoms with E-state index in [0.29, 0.717) is 5.69 Å². The Bertz CT molecular complexity index is 656. The largest absolute Gasteiger partial charge is 0.398 e. The number of ether oxygens (including phenoxy) is 1. The van der Waals surface area contributed by atoms with Crippen molar-refractivity contribution < 1.29 is 17.3 Å². The zero-order chi connectivity index (χ0) is 16.5. The van der Waals surface area contributed by atoms with Crippen LogP contribution < -0.4 is 10.9 Å². The second kappa shape index (κ2) is 6.39. The van der Waals surface area contributed by atoms with E-state index in [1.807, 2.05) is 24.3 Å². The number of hydrogen-bond acceptors (Lipinski definition) is 5. The molecule has 2 aliphatic rings. The van der Waals surface area contributed by atoms with Gasteiger partial charge in [0, 0.05) is 17.2 Å². The van der Waals surface area contributed by atoms with Crippen LogP contribution in [0.1, 0.15) is 50.2 Å². The molecule has 1 aromatic rings. The van der Waals surface area contributed by atoms with Crippen LogP contribution in [0.4, 0.5) is 5.69 Å². The van der Waals surface area contributed by atoms with Crippen molar-refractivity contribution in [2.45, 2.75) is 50.2 Å². The molecule has 23 heavy (non-hydrogen) atoms. The maximum atomic E-state index is 11.2. The lowest BCUT2D eigenvalue weighted by atomic mass is 9.80. The molecule has 0 aromatic heterocycles. The van der Waals surface area contributed by atoms with Gasteiger partial charge < -0.3 is 10.5 Å². The molecule has 4 N–H and O–H groups in total.